The minimum Gasteiger partial charge on any atom is -0.244 e. The molecule has 0 saturated heterocycles. The molecule has 2 nitrogen and oxygen atoms in total. The fourth-order valence-corrected chi connectivity index (χ4v) is 7.44. The maximum Gasteiger partial charge on any atom is 0.0973 e. The summed E-state index contributed by atoms with van der Waals surface area (Å²) in [6.45, 7) is 4.73. The zero-order chi connectivity index (χ0) is 30.1. The Morgan fingerprint density at radius 3 is 1.76 bits per heavy atom. The highest BCUT2D eigenvalue weighted by molar-refractivity contribution is 6.14. The minimum absolute atomic E-state index is 0.109. The van der Waals surface area contributed by atoms with Crippen LogP contribution in [0.1, 0.15) is 25.0 Å². The van der Waals surface area contributed by atoms with Crippen LogP contribution in [0.5, 0.6) is 0 Å². The summed E-state index contributed by atoms with van der Waals surface area (Å²) in [5.41, 5.74) is 13.5. The molecule has 212 valence electrons. The van der Waals surface area contributed by atoms with Crippen LogP contribution >= 0.6 is 0 Å². The molecule has 7 aromatic carbocycles. The van der Waals surface area contributed by atoms with E-state index < -0.39 is 0 Å². The molecule has 1 aromatic heterocycles. The summed E-state index contributed by atoms with van der Waals surface area (Å²) < 4.78 is 0. The summed E-state index contributed by atoms with van der Waals surface area (Å²) in [5, 5.41) is 4.94. The van der Waals surface area contributed by atoms with Gasteiger partial charge in [0.2, 0.25) is 0 Å². The topological polar surface area (TPSA) is 25.8 Å². The summed E-state index contributed by atoms with van der Waals surface area (Å²) in [6, 6.07) is 52.2. The smallest absolute Gasteiger partial charge is 0.0973 e. The van der Waals surface area contributed by atoms with E-state index in [0.29, 0.717) is 0 Å². The van der Waals surface area contributed by atoms with Gasteiger partial charge in [-0.1, -0.05) is 129 Å². The molecule has 0 bridgehead atoms. The Morgan fingerprint density at radius 2 is 1.00 bits per heavy atom. The van der Waals surface area contributed by atoms with E-state index in [2.05, 4.69) is 135 Å². The Kier molecular flexibility index (Phi) is 5.58. The number of fused-ring (bicyclic) bond motifs is 6. The maximum absolute atomic E-state index is 5.29. The highest BCUT2D eigenvalue weighted by atomic mass is 14.8. The first kappa shape index (κ1) is 25.9. The van der Waals surface area contributed by atoms with Crippen LogP contribution in [0.2, 0.25) is 0 Å². The van der Waals surface area contributed by atoms with E-state index in [1.807, 2.05) is 24.3 Å². The Labute approximate surface area is 262 Å². The Morgan fingerprint density at radius 1 is 0.422 bits per heavy atom. The van der Waals surface area contributed by atoms with Gasteiger partial charge in [-0.25, -0.2) is 9.97 Å². The monoisotopic (exact) mass is 574 g/mol. The van der Waals surface area contributed by atoms with Gasteiger partial charge in [0.1, 0.15) is 0 Å². The number of nitrogens with zero attached hydrogens (tertiary/aromatic N) is 2. The second-order valence-electron chi connectivity index (χ2n) is 12.6. The van der Waals surface area contributed by atoms with Crippen LogP contribution in [0.25, 0.3) is 77.3 Å². The maximum atomic E-state index is 5.29. The Hall–Kier alpha value is -5.60. The molecule has 9 rings (SSSR count). The van der Waals surface area contributed by atoms with Crippen molar-refractivity contribution in [3.05, 3.63) is 157 Å². The van der Waals surface area contributed by atoms with Gasteiger partial charge in [-0.2, -0.15) is 0 Å². The van der Waals surface area contributed by atoms with Gasteiger partial charge in [0, 0.05) is 16.5 Å². The first-order chi connectivity index (χ1) is 22.1. The molecule has 0 amide bonds. The van der Waals surface area contributed by atoms with Crippen molar-refractivity contribution in [3.8, 4) is 44.8 Å². The zero-order valence-electron chi connectivity index (χ0n) is 25.3. The summed E-state index contributed by atoms with van der Waals surface area (Å²) in [6.07, 6.45) is 0. The number of rotatable bonds is 3. The lowest BCUT2D eigenvalue weighted by atomic mass is 9.80. The zero-order valence-corrected chi connectivity index (χ0v) is 25.3. The number of benzene rings is 7. The van der Waals surface area contributed by atoms with Crippen LogP contribution in [0.4, 0.5) is 0 Å². The number of aromatic nitrogens is 2. The van der Waals surface area contributed by atoms with Crippen molar-refractivity contribution >= 4 is 32.6 Å². The molecule has 0 radical (unpaired) electrons. The van der Waals surface area contributed by atoms with Crippen molar-refractivity contribution in [2.75, 3.05) is 0 Å². The highest BCUT2D eigenvalue weighted by Gasteiger charge is 2.38. The van der Waals surface area contributed by atoms with Crippen LogP contribution in [-0.2, 0) is 5.41 Å². The number of hydrogen-bond acceptors (Lipinski definition) is 2. The van der Waals surface area contributed by atoms with Gasteiger partial charge in [-0.3, -0.25) is 0 Å². The quantitative estimate of drug-likeness (QED) is 0.210. The third kappa shape index (κ3) is 3.89. The molecule has 0 N–H and O–H groups in total. The van der Waals surface area contributed by atoms with E-state index in [1.54, 1.807) is 0 Å². The standard InChI is InChI=1S/C43H30N2/c1-43(2)35-21-11-10-20-33(35)40-36(43)26-29-17-7-9-19-32(29)39(40)34-25-30(24-28-16-6-8-18-31(28)34)42-41(27-14-4-3-5-15-27)44-37-22-12-13-23-38(37)45-42/h3-26H,1-2H3. The van der Waals surface area contributed by atoms with Crippen LogP contribution in [-0.4, -0.2) is 9.97 Å². The van der Waals surface area contributed by atoms with Crippen molar-refractivity contribution < 1.29 is 0 Å². The molecule has 8 aromatic rings. The third-order valence-corrected chi connectivity index (χ3v) is 9.61. The molecule has 0 fully saturated rings. The lowest BCUT2D eigenvalue weighted by Crippen LogP contribution is -2.14. The van der Waals surface area contributed by atoms with Crippen molar-refractivity contribution in [1.29, 1.82) is 0 Å². The molecule has 45 heavy (non-hydrogen) atoms. The average molecular weight is 575 g/mol. The fourth-order valence-electron chi connectivity index (χ4n) is 7.44. The van der Waals surface area contributed by atoms with E-state index in [4.69, 9.17) is 9.97 Å². The number of hydrogen-bond donors (Lipinski definition) is 0. The predicted octanol–water partition coefficient (Wildman–Crippen LogP) is 11.2. The van der Waals surface area contributed by atoms with Gasteiger partial charge in [-0.05, 0) is 85.3 Å². The van der Waals surface area contributed by atoms with E-state index in [9.17, 15) is 0 Å². The Bertz CT molecular complexity index is 2450. The normalized spacial score (nSPS) is 13.3. The van der Waals surface area contributed by atoms with E-state index >= 15 is 0 Å². The molecular weight excluding hydrogens is 544 g/mol. The molecule has 0 spiro atoms. The van der Waals surface area contributed by atoms with Crippen molar-refractivity contribution in [2.45, 2.75) is 19.3 Å². The molecule has 1 heterocycles. The van der Waals surface area contributed by atoms with Gasteiger partial charge in [-0.15, -0.1) is 0 Å². The third-order valence-electron chi connectivity index (χ3n) is 9.61. The first-order valence-electron chi connectivity index (χ1n) is 15.6. The fraction of sp³-hybridized carbons (Fsp3) is 0.0698. The van der Waals surface area contributed by atoms with Crippen molar-refractivity contribution in [3.63, 3.8) is 0 Å². The van der Waals surface area contributed by atoms with E-state index in [0.717, 1.165) is 33.5 Å². The second-order valence-corrected chi connectivity index (χ2v) is 12.6. The highest BCUT2D eigenvalue weighted by Crippen LogP contribution is 2.55. The van der Waals surface area contributed by atoms with Crippen LogP contribution < -0.4 is 0 Å². The van der Waals surface area contributed by atoms with Gasteiger partial charge in [0.05, 0.1) is 22.4 Å². The lowest BCUT2D eigenvalue weighted by Gasteiger charge is -2.23. The van der Waals surface area contributed by atoms with Gasteiger partial charge < -0.3 is 0 Å². The van der Waals surface area contributed by atoms with Crippen LogP contribution in [0.3, 0.4) is 0 Å². The molecule has 1 aliphatic rings. The van der Waals surface area contributed by atoms with Crippen molar-refractivity contribution in [1.82, 2.24) is 9.97 Å². The molecule has 0 saturated carbocycles. The van der Waals surface area contributed by atoms with Gasteiger partial charge in [0.25, 0.3) is 0 Å². The molecule has 0 unspecified atom stereocenters. The summed E-state index contributed by atoms with van der Waals surface area (Å²) in [5.74, 6) is 0. The van der Waals surface area contributed by atoms with Crippen LogP contribution in [0, 0.1) is 0 Å². The second kappa shape index (κ2) is 9.70. The number of para-hydroxylation sites is 2. The van der Waals surface area contributed by atoms with E-state index in [-0.39, 0.29) is 5.41 Å². The van der Waals surface area contributed by atoms with Gasteiger partial charge >= 0.3 is 0 Å². The van der Waals surface area contributed by atoms with Crippen molar-refractivity contribution in [2.24, 2.45) is 0 Å². The minimum atomic E-state index is -0.109. The summed E-state index contributed by atoms with van der Waals surface area (Å²) in [4.78, 5) is 10.5. The summed E-state index contributed by atoms with van der Waals surface area (Å²) >= 11 is 0. The average Bonchev–Trinajstić information content (AvgIpc) is 3.32. The lowest BCUT2D eigenvalue weighted by molar-refractivity contribution is 0.661. The first-order valence-corrected chi connectivity index (χ1v) is 15.6. The largest absolute Gasteiger partial charge is 0.244 e. The summed E-state index contributed by atoms with van der Waals surface area (Å²) in [7, 11) is 0. The predicted molar refractivity (Wildman–Crippen MR) is 188 cm³/mol. The molecule has 0 aliphatic heterocycles. The molecular formula is C43H30N2. The molecule has 0 atom stereocenters. The van der Waals surface area contributed by atoms with Crippen LogP contribution in [0.15, 0.2) is 146 Å². The molecule has 1 aliphatic carbocycles. The Balaban J connectivity index is 1.43. The van der Waals surface area contributed by atoms with Gasteiger partial charge in [0.15, 0.2) is 0 Å². The SMILES string of the molecule is CC1(C)c2ccccc2-c2c1cc1ccccc1c2-c1cc(-c2nc3ccccc3nc2-c2ccccc2)cc2ccccc12. The van der Waals surface area contributed by atoms with E-state index in [1.165, 1.54) is 54.9 Å². The molecule has 2 heteroatoms.